The SMILES string of the molecule is C[C@@H](NCc1cccc(OCc2c(Cl)cccc2Cl)c1)C12CC3CC(CC(C3)C1)C2. The van der Waals surface area contributed by atoms with Crippen molar-refractivity contribution in [1.82, 2.24) is 5.32 Å². The molecule has 2 aromatic rings. The van der Waals surface area contributed by atoms with Crippen LogP contribution in [0.15, 0.2) is 42.5 Å². The van der Waals surface area contributed by atoms with Crippen LogP contribution in [-0.2, 0) is 13.2 Å². The first-order valence-corrected chi connectivity index (χ1v) is 12.1. The quantitative estimate of drug-likeness (QED) is 0.485. The number of halogens is 2. The third-order valence-corrected chi connectivity index (χ3v) is 8.67. The van der Waals surface area contributed by atoms with Gasteiger partial charge < -0.3 is 10.1 Å². The average molecular weight is 444 g/mol. The Hall–Kier alpha value is -1.22. The summed E-state index contributed by atoms with van der Waals surface area (Å²) in [5, 5.41) is 5.16. The van der Waals surface area contributed by atoms with Crippen LogP contribution in [0.4, 0.5) is 0 Å². The fourth-order valence-corrected chi connectivity index (χ4v) is 7.27. The molecule has 0 spiro atoms. The molecule has 4 bridgehead atoms. The summed E-state index contributed by atoms with van der Waals surface area (Å²) in [5.41, 5.74) is 2.62. The number of benzene rings is 2. The third-order valence-electron chi connectivity index (χ3n) is 7.96. The number of hydrogen-bond acceptors (Lipinski definition) is 2. The van der Waals surface area contributed by atoms with Crippen molar-refractivity contribution in [3.63, 3.8) is 0 Å². The Morgan fingerprint density at radius 1 is 0.967 bits per heavy atom. The molecular formula is C26H31Cl2NO. The van der Waals surface area contributed by atoms with E-state index in [0.29, 0.717) is 28.1 Å². The molecule has 0 amide bonds. The molecule has 4 heteroatoms. The molecule has 0 radical (unpaired) electrons. The first-order chi connectivity index (χ1) is 14.5. The molecule has 160 valence electrons. The predicted molar refractivity (Wildman–Crippen MR) is 124 cm³/mol. The van der Waals surface area contributed by atoms with E-state index in [0.717, 1.165) is 35.6 Å². The van der Waals surface area contributed by atoms with E-state index in [4.69, 9.17) is 27.9 Å². The van der Waals surface area contributed by atoms with E-state index in [9.17, 15) is 0 Å². The largest absolute Gasteiger partial charge is 0.489 e. The van der Waals surface area contributed by atoms with Gasteiger partial charge in [-0.05, 0) is 98.4 Å². The monoisotopic (exact) mass is 443 g/mol. The third kappa shape index (κ3) is 4.11. The van der Waals surface area contributed by atoms with Crippen molar-refractivity contribution in [2.24, 2.45) is 23.2 Å². The fraction of sp³-hybridized carbons (Fsp3) is 0.538. The highest BCUT2D eigenvalue weighted by atomic mass is 35.5. The van der Waals surface area contributed by atoms with Crippen molar-refractivity contribution in [3.05, 3.63) is 63.6 Å². The normalized spacial score (nSPS) is 30.4. The molecule has 2 nitrogen and oxygen atoms in total. The lowest BCUT2D eigenvalue weighted by molar-refractivity contribution is -0.0706. The summed E-state index contributed by atoms with van der Waals surface area (Å²) in [4.78, 5) is 0. The Morgan fingerprint density at radius 2 is 1.57 bits per heavy atom. The standard InChI is InChI=1S/C26H31Cl2NO/c1-17(26-12-19-8-20(13-26)10-21(9-19)14-26)29-15-18-4-2-5-22(11-18)30-16-23-24(27)6-3-7-25(23)28/h2-7,11,17,19-21,29H,8-10,12-16H2,1H3/t17-,19?,20?,21?,26?/m1/s1. The lowest BCUT2D eigenvalue weighted by Crippen LogP contribution is -2.54. The molecule has 0 unspecified atom stereocenters. The van der Waals surface area contributed by atoms with Crippen molar-refractivity contribution in [3.8, 4) is 5.75 Å². The maximum absolute atomic E-state index is 6.27. The summed E-state index contributed by atoms with van der Waals surface area (Å²) in [5.74, 6) is 3.84. The van der Waals surface area contributed by atoms with Gasteiger partial charge in [-0.1, -0.05) is 41.4 Å². The summed E-state index contributed by atoms with van der Waals surface area (Å²) in [7, 11) is 0. The van der Waals surface area contributed by atoms with Gasteiger partial charge in [-0.3, -0.25) is 0 Å². The Balaban J connectivity index is 1.20. The highest BCUT2D eigenvalue weighted by Crippen LogP contribution is 2.61. The minimum Gasteiger partial charge on any atom is -0.489 e. The van der Waals surface area contributed by atoms with Crippen molar-refractivity contribution >= 4 is 23.2 Å². The van der Waals surface area contributed by atoms with Gasteiger partial charge in [0.05, 0.1) is 0 Å². The molecule has 1 atom stereocenters. The lowest BCUT2D eigenvalue weighted by Gasteiger charge is -2.59. The second-order valence-corrected chi connectivity index (χ2v) is 10.8. The summed E-state index contributed by atoms with van der Waals surface area (Å²) in [6.07, 6.45) is 8.82. The van der Waals surface area contributed by atoms with Gasteiger partial charge in [0.2, 0.25) is 0 Å². The molecule has 6 rings (SSSR count). The Morgan fingerprint density at radius 3 is 2.20 bits per heavy atom. The van der Waals surface area contributed by atoms with Crippen LogP contribution in [-0.4, -0.2) is 6.04 Å². The molecule has 4 aliphatic carbocycles. The maximum atomic E-state index is 6.27. The Bertz CT molecular complexity index is 856. The van der Waals surface area contributed by atoms with Gasteiger partial charge in [-0.15, -0.1) is 0 Å². The van der Waals surface area contributed by atoms with Crippen LogP contribution in [0.1, 0.15) is 56.6 Å². The van der Waals surface area contributed by atoms with E-state index in [1.807, 2.05) is 24.3 Å². The van der Waals surface area contributed by atoms with Crippen molar-refractivity contribution < 1.29 is 4.74 Å². The van der Waals surface area contributed by atoms with Gasteiger partial charge in [0, 0.05) is 28.2 Å². The fourth-order valence-electron chi connectivity index (χ4n) is 6.77. The van der Waals surface area contributed by atoms with Crippen molar-refractivity contribution in [2.75, 3.05) is 0 Å². The van der Waals surface area contributed by atoms with E-state index in [1.165, 1.54) is 44.1 Å². The predicted octanol–water partition coefficient (Wildman–Crippen LogP) is 7.27. The maximum Gasteiger partial charge on any atom is 0.120 e. The molecule has 4 fully saturated rings. The topological polar surface area (TPSA) is 21.3 Å². The second-order valence-electron chi connectivity index (χ2n) is 10.0. The van der Waals surface area contributed by atoms with Gasteiger partial charge in [0.25, 0.3) is 0 Å². The number of ether oxygens (including phenoxy) is 1. The summed E-state index contributed by atoms with van der Waals surface area (Å²) >= 11 is 12.5. The van der Waals surface area contributed by atoms with Crippen LogP contribution in [0.5, 0.6) is 5.75 Å². The Labute approximate surface area is 190 Å². The minimum absolute atomic E-state index is 0.374. The van der Waals surface area contributed by atoms with Gasteiger partial charge in [-0.2, -0.15) is 0 Å². The molecule has 0 aromatic heterocycles. The molecule has 0 saturated heterocycles. The van der Waals surface area contributed by atoms with E-state index < -0.39 is 0 Å². The summed E-state index contributed by atoms with van der Waals surface area (Å²) < 4.78 is 6.00. The van der Waals surface area contributed by atoms with E-state index in [1.54, 1.807) is 0 Å². The van der Waals surface area contributed by atoms with Crippen LogP contribution in [0.3, 0.4) is 0 Å². The molecule has 0 aliphatic heterocycles. The van der Waals surface area contributed by atoms with Crippen molar-refractivity contribution in [1.29, 1.82) is 0 Å². The highest BCUT2D eigenvalue weighted by Gasteiger charge is 2.52. The second kappa shape index (κ2) is 8.37. The van der Waals surface area contributed by atoms with Gasteiger partial charge >= 0.3 is 0 Å². The Kier molecular flexibility index (Phi) is 5.77. The van der Waals surface area contributed by atoms with Crippen molar-refractivity contribution in [2.45, 2.75) is 64.6 Å². The zero-order valence-electron chi connectivity index (χ0n) is 17.7. The van der Waals surface area contributed by atoms with Gasteiger partial charge in [0.15, 0.2) is 0 Å². The first kappa shape index (κ1) is 20.7. The van der Waals surface area contributed by atoms with E-state index in [-0.39, 0.29) is 0 Å². The molecule has 30 heavy (non-hydrogen) atoms. The van der Waals surface area contributed by atoms with Crippen LogP contribution in [0.2, 0.25) is 10.0 Å². The summed E-state index contributed by atoms with van der Waals surface area (Å²) in [6.45, 7) is 3.68. The number of nitrogens with one attached hydrogen (secondary N) is 1. The molecule has 1 N–H and O–H groups in total. The summed E-state index contributed by atoms with van der Waals surface area (Å²) in [6, 6.07) is 14.5. The lowest BCUT2D eigenvalue weighted by atomic mass is 9.48. The highest BCUT2D eigenvalue weighted by molar-refractivity contribution is 6.35. The smallest absolute Gasteiger partial charge is 0.120 e. The zero-order valence-corrected chi connectivity index (χ0v) is 19.2. The molecule has 2 aromatic carbocycles. The van der Waals surface area contributed by atoms with E-state index in [2.05, 4.69) is 30.4 Å². The number of hydrogen-bond donors (Lipinski definition) is 1. The number of rotatable bonds is 7. The van der Waals surface area contributed by atoms with E-state index >= 15 is 0 Å². The van der Waals surface area contributed by atoms with Crippen LogP contribution >= 0.6 is 23.2 Å². The van der Waals surface area contributed by atoms with Crippen LogP contribution in [0.25, 0.3) is 0 Å². The van der Waals surface area contributed by atoms with Gasteiger partial charge in [-0.25, -0.2) is 0 Å². The van der Waals surface area contributed by atoms with Gasteiger partial charge in [0.1, 0.15) is 12.4 Å². The molecule has 4 aliphatic rings. The zero-order chi connectivity index (χ0) is 20.7. The van der Waals surface area contributed by atoms with Crippen LogP contribution < -0.4 is 10.1 Å². The molecular weight excluding hydrogens is 413 g/mol. The average Bonchev–Trinajstić information content (AvgIpc) is 2.71. The molecule has 0 heterocycles. The minimum atomic E-state index is 0.374. The first-order valence-electron chi connectivity index (χ1n) is 11.4. The van der Waals surface area contributed by atoms with Crippen LogP contribution in [0, 0.1) is 23.2 Å². The molecule has 4 saturated carbocycles.